The minimum absolute atomic E-state index is 0.497. The molecule has 0 saturated heterocycles. The van der Waals surface area contributed by atoms with Gasteiger partial charge in [-0.3, -0.25) is 0 Å². The third kappa shape index (κ3) is 2.90. The monoisotopic (exact) mass is 287 g/mol. The quantitative estimate of drug-likeness (QED) is 0.773. The second kappa shape index (κ2) is 5.76. The molecule has 0 bridgehead atoms. The van der Waals surface area contributed by atoms with Gasteiger partial charge in [-0.25, -0.2) is 0 Å². The zero-order valence-electron chi connectivity index (χ0n) is 15.3. The molecule has 0 heterocycles. The van der Waals surface area contributed by atoms with E-state index in [0.29, 0.717) is 11.5 Å². The molecule has 1 aliphatic rings. The van der Waals surface area contributed by atoms with Crippen LogP contribution in [-0.4, -0.2) is 6.54 Å². The van der Waals surface area contributed by atoms with E-state index < -0.39 is 0 Å². The average Bonchev–Trinajstić information content (AvgIpc) is 3.06. The molecular formula is C20H33N. The first kappa shape index (κ1) is 16.5. The molecule has 0 radical (unpaired) electrons. The molecule has 0 aromatic heterocycles. The summed E-state index contributed by atoms with van der Waals surface area (Å²) in [5, 5.41) is 3.86. The lowest BCUT2D eigenvalue weighted by Gasteiger charge is -2.28. The summed E-state index contributed by atoms with van der Waals surface area (Å²) >= 11 is 0. The number of benzene rings is 1. The maximum absolute atomic E-state index is 3.86. The van der Waals surface area contributed by atoms with Crippen LogP contribution in [0.25, 0.3) is 0 Å². The lowest BCUT2D eigenvalue weighted by molar-refractivity contribution is 0.413. The summed E-state index contributed by atoms with van der Waals surface area (Å²) < 4.78 is 0. The fourth-order valence-electron chi connectivity index (χ4n) is 3.82. The number of rotatable bonds is 5. The molecule has 118 valence electrons. The van der Waals surface area contributed by atoms with Gasteiger partial charge in [0.2, 0.25) is 0 Å². The molecule has 1 heteroatoms. The van der Waals surface area contributed by atoms with Crippen LogP contribution < -0.4 is 5.32 Å². The van der Waals surface area contributed by atoms with E-state index in [9.17, 15) is 0 Å². The zero-order valence-corrected chi connectivity index (χ0v) is 15.3. The SMILES string of the molecule is CCCNC(c1c(C)c(C)c(C)c(C)c1C)C1CC1(C)C. The molecular weight excluding hydrogens is 254 g/mol. The van der Waals surface area contributed by atoms with Crippen molar-refractivity contribution in [2.45, 2.75) is 74.3 Å². The highest BCUT2D eigenvalue weighted by atomic mass is 14.9. The van der Waals surface area contributed by atoms with E-state index in [2.05, 4.69) is 60.7 Å². The lowest BCUT2D eigenvalue weighted by atomic mass is 9.83. The van der Waals surface area contributed by atoms with Crippen LogP contribution in [-0.2, 0) is 0 Å². The van der Waals surface area contributed by atoms with Gasteiger partial charge in [0.25, 0.3) is 0 Å². The smallest absolute Gasteiger partial charge is 0.0359 e. The van der Waals surface area contributed by atoms with E-state index >= 15 is 0 Å². The van der Waals surface area contributed by atoms with Crippen LogP contribution in [0.1, 0.15) is 73.0 Å². The van der Waals surface area contributed by atoms with Crippen molar-refractivity contribution in [3.05, 3.63) is 33.4 Å². The zero-order chi connectivity index (χ0) is 15.9. The van der Waals surface area contributed by atoms with Crippen molar-refractivity contribution in [1.29, 1.82) is 0 Å². The fourth-order valence-corrected chi connectivity index (χ4v) is 3.82. The van der Waals surface area contributed by atoms with Gasteiger partial charge in [0.05, 0.1) is 0 Å². The summed E-state index contributed by atoms with van der Waals surface area (Å²) in [7, 11) is 0. The highest BCUT2D eigenvalue weighted by Crippen LogP contribution is 2.58. The van der Waals surface area contributed by atoms with E-state index in [1.54, 1.807) is 5.56 Å². The minimum Gasteiger partial charge on any atom is -0.310 e. The topological polar surface area (TPSA) is 12.0 Å². The van der Waals surface area contributed by atoms with Gasteiger partial charge in [-0.2, -0.15) is 0 Å². The summed E-state index contributed by atoms with van der Waals surface area (Å²) in [6.45, 7) is 19.7. The van der Waals surface area contributed by atoms with Crippen molar-refractivity contribution < 1.29 is 0 Å². The first-order valence-corrected chi connectivity index (χ1v) is 8.52. The van der Waals surface area contributed by atoms with Gasteiger partial charge in [0.15, 0.2) is 0 Å². The Kier molecular flexibility index (Phi) is 4.54. The Morgan fingerprint density at radius 2 is 1.38 bits per heavy atom. The molecule has 0 aliphatic heterocycles. The van der Waals surface area contributed by atoms with Crippen LogP contribution >= 0.6 is 0 Å². The summed E-state index contributed by atoms with van der Waals surface area (Å²) in [6, 6.07) is 0.526. The van der Waals surface area contributed by atoms with Gasteiger partial charge < -0.3 is 5.32 Å². The van der Waals surface area contributed by atoms with Crippen molar-refractivity contribution in [2.24, 2.45) is 11.3 Å². The molecule has 1 nitrogen and oxygen atoms in total. The fraction of sp³-hybridized carbons (Fsp3) is 0.700. The summed E-state index contributed by atoms with van der Waals surface area (Å²) in [4.78, 5) is 0. The molecule has 1 aromatic rings. The van der Waals surface area contributed by atoms with Crippen LogP contribution in [0.15, 0.2) is 0 Å². The van der Waals surface area contributed by atoms with Gasteiger partial charge in [0, 0.05) is 6.04 Å². The number of nitrogens with one attached hydrogen (secondary N) is 1. The summed E-state index contributed by atoms with van der Waals surface area (Å²) in [6.07, 6.45) is 2.55. The summed E-state index contributed by atoms with van der Waals surface area (Å²) in [5.74, 6) is 0.781. The minimum atomic E-state index is 0.497. The second-order valence-electron chi connectivity index (χ2n) is 7.77. The Labute approximate surface area is 131 Å². The van der Waals surface area contributed by atoms with Crippen molar-refractivity contribution in [1.82, 2.24) is 5.32 Å². The third-order valence-electron chi connectivity index (χ3n) is 5.98. The Morgan fingerprint density at radius 1 is 0.952 bits per heavy atom. The van der Waals surface area contributed by atoms with Gasteiger partial charge in [-0.1, -0.05) is 20.8 Å². The predicted molar refractivity (Wildman–Crippen MR) is 93.0 cm³/mol. The summed E-state index contributed by atoms with van der Waals surface area (Å²) in [5.41, 5.74) is 9.53. The Hall–Kier alpha value is -0.820. The standard InChI is InChI=1S/C20H33N/c1-9-10-21-19(17-11-20(17,7)8)18-15(5)13(3)12(2)14(4)16(18)6/h17,19,21H,9-11H2,1-8H3. The van der Waals surface area contributed by atoms with Gasteiger partial charge in [-0.15, -0.1) is 0 Å². The van der Waals surface area contributed by atoms with Gasteiger partial charge in [0.1, 0.15) is 0 Å². The molecule has 0 spiro atoms. The predicted octanol–water partition coefficient (Wildman–Crippen LogP) is 5.32. The number of hydrogen-bond acceptors (Lipinski definition) is 1. The maximum atomic E-state index is 3.86. The third-order valence-corrected chi connectivity index (χ3v) is 5.98. The molecule has 2 unspecified atom stereocenters. The molecule has 1 N–H and O–H groups in total. The molecule has 21 heavy (non-hydrogen) atoms. The van der Waals surface area contributed by atoms with Crippen LogP contribution in [0, 0.1) is 46.0 Å². The Bertz CT molecular complexity index is 510. The van der Waals surface area contributed by atoms with Crippen LogP contribution in [0.4, 0.5) is 0 Å². The van der Waals surface area contributed by atoms with Crippen molar-refractivity contribution in [3.8, 4) is 0 Å². The lowest BCUT2D eigenvalue weighted by Crippen LogP contribution is -2.27. The van der Waals surface area contributed by atoms with Crippen LogP contribution in [0.5, 0.6) is 0 Å². The normalized spacial score (nSPS) is 21.4. The van der Waals surface area contributed by atoms with E-state index in [-0.39, 0.29) is 0 Å². The van der Waals surface area contributed by atoms with Crippen LogP contribution in [0.3, 0.4) is 0 Å². The van der Waals surface area contributed by atoms with Crippen molar-refractivity contribution in [2.75, 3.05) is 6.54 Å². The van der Waals surface area contributed by atoms with Gasteiger partial charge >= 0.3 is 0 Å². The van der Waals surface area contributed by atoms with E-state index in [1.165, 1.54) is 40.7 Å². The second-order valence-corrected chi connectivity index (χ2v) is 7.77. The largest absolute Gasteiger partial charge is 0.310 e. The molecule has 2 atom stereocenters. The molecule has 0 amide bonds. The molecule has 1 saturated carbocycles. The highest BCUT2D eigenvalue weighted by molar-refractivity contribution is 5.51. The molecule has 1 fully saturated rings. The van der Waals surface area contributed by atoms with E-state index in [0.717, 1.165) is 12.5 Å². The first-order chi connectivity index (χ1) is 9.72. The van der Waals surface area contributed by atoms with Gasteiger partial charge in [-0.05, 0) is 98.7 Å². The maximum Gasteiger partial charge on any atom is 0.0359 e. The van der Waals surface area contributed by atoms with Crippen molar-refractivity contribution >= 4 is 0 Å². The first-order valence-electron chi connectivity index (χ1n) is 8.52. The molecule has 1 aromatic carbocycles. The average molecular weight is 287 g/mol. The Morgan fingerprint density at radius 3 is 1.76 bits per heavy atom. The van der Waals surface area contributed by atoms with Crippen LogP contribution in [0.2, 0.25) is 0 Å². The highest BCUT2D eigenvalue weighted by Gasteiger charge is 2.50. The Balaban J connectivity index is 2.50. The number of hydrogen-bond donors (Lipinski definition) is 1. The molecule has 2 rings (SSSR count). The van der Waals surface area contributed by atoms with Crippen molar-refractivity contribution in [3.63, 3.8) is 0 Å². The van der Waals surface area contributed by atoms with E-state index in [1.807, 2.05) is 0 Å². The molecule has 1 aliphatic carbocycles. The van der Waals surface area contributed by atoms with E-state index in [4.69, 9.17) is 0 Å².